The third-order valence-corrected chi connectivity index (χ3v) is 3.50. The third kappa shape index (κ3) is 3.46. The maximum absolute atomic E-state index is 9.37. The molecule has 2 N–H and O–H groups in total. The summed E-state index contributed by atoms with van der Waals surface area (Å²) in [5.41, 5.74) is -0.168. The summed E-state index contributed by atoms with van der Waals surface area (Å²) in [7, 11) is 0. The van der Waals surface area contributed by atoms with Crippen LogP contribution in [0.15, 0.2) is 16.5 Å². The molecule has 4 heteroatoms. The summed E-state index contributed by atoms with van der Waals surface area (Å²) in [6.07, 6.45) is 1.83. The molecule has 1 aromatic rings. The minimum Gasteiger partial charge on any atom is -0.454 e. The zero-order valence-corrected chi connectivity index (χ0v) is 11.4. The van der Waals surface area contributed by atoms with Gasteiger partial charge in [0, 0.05) is 5.54 Å². The Hall–Kier alpha value is -0.0700. The first-order valence-electron chi connectivity index (χ1n) is 5.26. The molecule has 0 saturated heterocycles. The molecule has 1 rings (SSSR count). The monoisotopic (exact) mass is 323 g/mol. The Kier molecular flexibility index (Phi) is 5.08. The first kappa shape index (κ1) is 13.0. The van der Waals surface area contributed by atoms with Gasteiger partial charge in [0.1, 0.15) is 5.76 Å². The molecule has 0 spiro atoms. The molecule has 1 aromatic heterocycles. The molecule has 0 aliphatic carbocycles. The van der Waals surface area contributed by atoms with Crippen molar-refractivity contribution in [2.45, 2.75) is 38.8 Å². The molecule has 15 heavy (non-hydrogen) atoms. The fourth-order valence-electron chi connectivity index (χ4n) is 1.50. The van der Waals surface area contributed by atoms with Crippen LogP contribution < -0.4 is 5.32 Å². The highest BCUT2D eigenvalue weighted by molar-refractivity contribution is 14.1. The average Bonchev–Trinajstić information content (AvgIpc) is 2.67. The van der Waals surface area contributed by atoms with E-state index in [9.17, 15) is 5.11 Å². The molecule has 0 atom stereocenters. The lowest BCUT2D eigenvalue weighted by atomic mass is 9.94. The summed E-state index contributed by atoms with van der Waals surface area (Å²) >= 11 is 2.15. The highest BCUT2D eigenvalue weighted by Crippen LogP contribution is 2.16. The third-order valence-electron chi connectivity index (χ3n) is 2.92. The van der Waals surface area contributed by atoms with Gasteiger partial charge in [-0.25, -0.2) is 0 Å². The zero-order chi connectivity index (χ0) is 11.3. The van der Waals surface area contributed by atoms with Crippen LogP contribution in [0, 0.1) is 3.77 Å². The van der Waals surface area contributed by atoms with Gasteiger partial charge in [0.05, 0.1) is 13.2 Å². The maximum Gasteiger partial charge on any atom is 0.164 e. The fraction of sp³-hybridized carbons (Fsp3) is 0.636. The largest absolute Gasteiger partial charge is 0.454 e. The molecule has 1 heterocycles. The van der Waals surface area contributed by atoms with E-state index >= 15 is 0 Å². The van der Waals surface area contributed by atoms with E-state index < -0.39 is 0 Å². The number of rotatable bonds is 6. The van der Waals surface area contributed by atoms with Crippen LogP contribution >= 0.6 is 22.6 Å². The zero-order valence-electron chi connectivity index (χ0n) is 9.22. The number of furan rings is 1. The van der Waals surface area contributed by atoms with Crippen molar-refractivity contribution in [3.63, 3.8) is 0 Å². The van der Waals surface area contributed by atoms with Crippen LogP contribution in [0.3, 0.4) is 0 Å². The second kappa shape index (κ2) is 5.86. The number of halogens is 1. The number of hydrogen-bond donors (Lipinski definition) is 2. The molecule has 0 aliphatic rings. The summed E-state index contributed by atoms with van der Waals surface area (Å²) in [5, 5.41) is 12.7. The van der Waals surface area contributed by atoms with Gasteiger partial charge in [-0.3, -0.25) is 0 Å². The van der Waals surface area contributed by atoms with E-state index in [2.05, 4.69) is 41.8 Å². The van der Waals surface area contributed by atoms with Crippen molar-refractivity contribution in [3.05, 3.63) is 21.7 Å². The van der Waals surface area contributed by atoms with E-state index in [0.717, 1.165) is 22.4 Å². The van der Waals surface area contributed by atoms with E-state index in [1.807, 2.05) is 12.1 Å². The number of aliphatic hydroxyl groups is 1. The van der Waals surface area contributed by atoms with Crippen molar-refractivity contribution < 1.29 is 9.52 Å². The standard InChI is InChI=1S/C11H18INO2/c1-3-11(4-2,8-14)13-7-9-5-6-10(12)15-9/h5-6,13-14H,3-4,7-8H2,1-2H3. The van der Waals surface area contributed by atoms with E-state index in [0.29, 0.717) is 6.54 Å². The van der Waals surface area contributed by atoms with Crippen molar-refractivity contribution in [1.82, 2.24) is 5.32 Å². The smallest absolute Gasteiger partial charge is 0.164 e. The molecule has 86 valence electrons. The average molecular weight is 323 g/mol. The number of hydrogen-bond acceptors (Lipinski definition) is 3. The first-order chi connectivity index (χ1) is 7.15. The minimum absolute atomic E-state index is 0.164. The SMILES string of the molecule is CCC(CC)(CO)NCc1ccc(I)o1. The quantitative estimate of drug-likeness (QED) is 0.791. The Morgan fingerprint density at radius 1 is 1.40 bits per heavy atom. The van der Waals surface area contributed by atoms with Gasteiger partial charge in [0.25, 0.3) is 0 Å². The Bertz CT molecular complexity index is 286. The molecule has 0 bridgehead atoms. The van der Waals surface area contributed by atoms with Crippen LogP contribution in [0.4, 0.5) is 0 Å². The van der Waals surface area contributed by atoms with Gasteiger partial charge in [-0.05, 0) is 47.6 Å². The summed E-state index contributed by atoms with van der Waals surface area (Å²) in [4.78, 5) is 0. The first-order valence-corrected chi connectivity index (χ1v) is 6.33. The molecule has 3 nitrogen and oxygen atoms in total. The van der Waals surface area contributed by atoms with Crippen molar-refractivity contribution in [2.24, 2.45) is 0 Å². The summed E-state index contributed by atoms with van der Waals surface area (Å²) in [5.74, 6) is 0.916. The number of aliphatic hydroxyl groups excluding tert-OH is 1. The second-order valence-electron chi connectivity index (χ2n) is 3.70. The van der Waals surface area contributed by atoms with Crippen molar-refractivity contribution in [1.29, 1.82) is 0 Å². The van der Waals surface area contributed by atoms with Gasteiger partial charge in [-0.15, -0.1) is 0 Å². The van der Waals surface area contributed by atoms with Crippen LogP contribution in [-0.2, 0) is 6.54 Å². The fourth-order valence-corrected chi connectivity index (χ4v) is 1.96. The predicted molar refractivity (Wildman–Crippen MR) is 68.7 cm³/mol. The van der Waals surface area contributed by atoms with Crippen LogP contribution in [0.1, 0.15) is 32.4 Å². The van der Waals surface area contributed by atoms with Crippen molar-refractivity contribution in [3.8, 4) is 0 Å². The lowest BCUT2D eigenvalue weighted by molar-refractivity contribution is 0.147. The van der Waals surface area contributed by atoms with Gasteiger partial charge in [0.15, 0.2) is 3.77 Å². The minimum atomic E-state index is -0.168. The number of nitrogens with one attached hydrogen (secondary N) is 1. The highest BCUT2D eigenvalue weighted by Gasteiger charge is 2.24. The van der Waals surface area contributed by atoms with Gasteiger partial charge >= 0.3 is 0 Å². The summed E-state index contributed by atoms with van der Waals surface area (Å²) in [6.45, 7) is 5.00. The van der Waals surface area contributed by atoms with Crippen molar-refractivity contribution in [2.75, 3.05) is 6.61 Å². The molecule has 0 saturated carbocycles. The van der Waals surface area contributed by atoms with Crippen LogP contribution in [0.25, 0.3) is 0 Å². The van der Waals surface area contributed by atoms with Gasteiger partial charge in [0.2, 0.25) is 0 Å². The molecule has 0 aliphatic heterocycles. The summed E-state index contributed by atoms with van der Waals surface area (Å²) in [6, 6.07) is 3.90. The Labute approximate surface area is 104 Å². The van der Waals surface area contributed by atoms with E-state index in [-0.39, 0.29) is 12.1 Å². The Morgan fingerprint density at radius 2 is 2.07 bits per heavy atom. The van der Waals surface area contributed by atoms with Gasteiger partial charge < -0.3 is 14.8 Å². The molecule has 0 fully saturated rings. The Balaban J connectivity index is 2.54. The topological polar surface area (TPSA) is 45.4 Å². The predicted octanol–water partition coefficient (Wildman–Crippen LogP) is 2.52. The van der Waals surface area contributed by atoms with Gasteiger partial charge in [-0.2, -0.15) is 0 Å². The van der Waals surface area contributed by atoms with Crippen molar-refractivity contribution >= 4 is 22.6 Å². The lowest BCUT2D eigenvalue weighted by Crippen LogP contribution is -2.46. The molecular formula is C11H18INO2. The molecule has 0 unspecified atom stereocenters. The molecule has 0 radical (unpaired) electrons. The van der Waals surface area contributed by atoms with E-state index in [4.69, 9.17) is 4.42 Å². The van der Waals surface area contributed by atoms with Gasteiger partial charge in [-0.1, -0.05) is 13.8 Å². The maximum atomic E-state index is 9.37. The van der Waals surface area contributed by atoms with Crippen LogP contribution in [0.5, 0.6) is 0 Å². The molecule has 0 aromatic carbocycles. The lowest BCUT2D eigenvalue weighted by Gasteiger charge is -2.30. The normalized spacial score (nSPS) is 12.0. The Morgan fingerprint density at radius 3 is 2.47 bits per heavy atom. The van der Waals surface area contributed by atoms with Crippen LogP contribution in [-0.4, -0.2) is 17.3 Å². The summed E-state index contributed by atoms with van der Waals surface area (Å²) < 4.78 is 6.35. The van der Waals surface area contributed by atoms with E-state index in [1.165, 1.54) is 0 Å². The highest BCUT2D eigenvalue weighted by atomic mass is 127. The van der Waals surface area contributed by atoms with Crippen LogP contribution in [0.2, 0.25) is 0 Å². The second-order valence-corrected chi connectivity index (χ2v) is 4.77. The molecular weight excluding hydrogens is 305 g/mol. The van der Waals surface area contributed by atoms with E-state index in [1.54, 1.807) is 0 Å². The molecule has 0 amide bonds.